The van der Waals surface area contributed by atoms with E-state index in [9.17, 15) is 0 Å². The Labute approximate surface area is 435 Å². The molecule has 75 heavy (non-hydrogen) atoms. The quantitative estimate of drug-likeness (QED) is 0.172. The maximum Gasteiger partial charge on any atom is 0.132 e. The average molecular weight is 956 g/mol. The number of hydrogen-bond donors (Lipinski definition) is 0. The SMILES string of the molecule is c1ccc(-c2ccc(-c3ccccc3N(c3ccc4ccc5c(c4c3)-c3ccccc3C53c4ccccc4Oc4ccccc43)c3cccc4c3-c3ccccc3C43c4ccccc4Oc4ccccc43)cc2)cc1. The normalized spacial score (nSPS) is 14.0. The fraction of sp³-hybridized carbons (Fsp3) is 0.0278. The van der Waals surface area contributed by atoms with E-state index in [1.807, 2.05) is 0 Å². The van der Waals surface area contributed by atoms with E-state index in [4.69, 9.17) is 9.47 Å². The molecule has 16 rings (SSSR count). The topological polar surface area (TPSA) is 21.7 Å². The number of nitrogens with zero attached hydrogens (tertiary/aromatic N) is 1. The van der Waals surface area contributed by atoms with Gasteiger partial charge in [-0.05, 0) is 115 Å². The van der Waals surface area contributed by atoms with Crippen molar-refractivity contribution >= 4 is 27.8 Å². The summed E-state index contributed by atoms with van der Waals surface area (Å²) in [6, 6.07) is 100. The van der Waals surface area contributed by atoms with E-state index >= 15 is 0 Å². The van der Waals surface area contributed by atoms with Gasteiger partial charge in [0.1, 0.15) is 23.0 Å². The Morgan fingerprint density at radius 1 is 0.267 bits per heavy atom. The van der Waals surface area contributed by atoms with Crippen LogP contribution in [-0.4, -0.2) is 0 Å². The molecule has 350 valence electrons. The maximum absolute atomic E-state index is 6.78. The van der Waals surface area contributed by atoms with Crippen LogP contribution >= 0.6 is 0 Å². The lowest BCUT2D eigenvalue weighted by Crippen LogP contribution is -2.32. The summed E-state index contributed by atoms with van der Waals surface area (Å²) >= 11 is 0. The van der Waals surface area contributed by atoms with Crippen LogP contribution in [0.15, 0.2) is 273 Å². The number of hydrogen-bond acceptors (Lipinski definition) is 3. The minimum Gasteiger partial charge on any atom is -0.457 e. The maximum atomic E-state index is 6.78. The lowest BCUT2D eigenvalue weighted by Gasteiger charge is -2.39. The van der Waals surface area contributed by atoms with Gasteiger partial charge in [-0.25, -0.2) is 0 Å². The number of para-hydroxylation sites is 5. The lowest BCUT2D eigenvalue weighted by atomic mass is 9.66. The molecule has 12 aromatic rings. The highest BCUT2D eigenvalue weighted by Gasteiger charge is 2.53. The van der Waals surface area contributed by atoms with E-state index in [1.165, 1.54) is 66.4 Å². The number of fused-ring (bicyclic) bond motifs is 20. The highest BCUT2D eigenvalue weighted by molar-refractivity contribution is 6.08. The molecule has 0 N–H and O–H groups in total. The highest BCUT2D eigenvalue weighted by atomic mass is 16.5. The molecule has 2 aliphatic heterocycles. The predicted molar refractivity (Wildman–Crippen MR) is 304 cm³/mol. The van der Waals surface area contributed by atoms with Gasteiger partial charge >= 0.3 is 0 Å². The Morgan fingerprint density at radius 3 is 1.27 bits per heavy atom. The fourth-order valence-corrected chi connectivity index (χ4v) is 13.7. The zero-order valence-corrected chi connectivity index (χ0v) is 40.7. The summed E-state index contributed by atoms with van der Waals surface area (Å²) in [5, 5.41) is 2.38. The molecule has 4 aliphatic rings. The molecular formula is C72H45NO2. The number of benzene rings is 12. The van der Waals surface area contributed by atoms with Gasteiger partial charge in [0.05, 0.1) is 22.2 Å². The largest absolute Gasteiger partial charge is 0.457 e. The van der Waals surface area contributed by atoms with Gasteiger partial charge in [0.2, 0.25) is 0 Å². The second-order valence-electron chi connectivity index (χ2n) is 20.2. The van der Waals surface area contributed by atoms with Crippen LogP contribution in [-0.2, 0) is 10.8 Å². The summed E-state index contributed by atoms with van der Waals surface area (Å²) in [5.41, 5.74) is 21.2. The van der Waals surface area contributed by atoms with Crippen LogP contribution in [0.1, 0.15) is 44.5 Å². The monoisotopic (exact) mass is 955 g/mol. The second-order valence-corrected chi connectivity index (χ2v) is 20.2. The number of anilines is 3. The van der Waals surface area contributed by atoms with Crippen molar-refractivity contribution in [3.63, 3.8) is 0 Å². The van der Waals surface area contributed by atoms with Crippen LogP contribution in [0.3, 0.4) is 0 Å². The molecule has 3 nitrogen and oxygen atoms in total. The minimum atomic E-state index is -0.635. The molecule has 2 aliphatic carbocycles. The summed E-state index contributed by atoms with van der Waals surface area (Å²) < 4.78 is 13.5. The molecule has 0 bridgehead atoms. The standard InChI is InChI=1S/C72H45NO2/c1-2-19-46(20-3-1)47-37-39-48(40-38-47)51-21-6-13-31-63(51)73(64-32-18-30-61-70(64)53-23-5-8-25-56(53)71(61)57-26-9-14-33-65(57)74-66-34-15-10-27-58(66)71)50-43-41-49-42-44-62-69(54(49)45-50)52-22-4-7-24-55(52)72(62)59-28-11-16-35-67(59)75-68-36-17-12-29-60(68)72/h1-45H. The molecule has 0 radical (unpaired) electrons. The predicted octanol–water partition coefficient (Wildman–Crippen LogP) is 18.6. The van der Waals surface area contributed by atoms with Gasteiger partial charge in [0.25, 0.3) is 0 Å². The van der Waals surface area contributed by atoms with E-state index < -0.39 is 10.8 Å². The Hall–Kier alpha value is -9.70. The summed E-state index contributed by atoms with van der Waals surface area (Å²) in [4.78, 5) is 2.54. The van der Waals surface area contributed by atoms with Crippen molar-refractivity contribution in [3.05, 3.63) is 317 Å². The number of ether oxygens (including phenoxy) is 2. The summed E-state index contributed by atoms with van der Waals surface area (Å²) in [6.07, 6.45) is 0. The Balaban J connectivity index is 0.986. The van der Waals surface area contributed by atoms with E-state index in [0.29, 0.717) is 0 Å². The summed E-state index contributed by atoms with van der Waals surface area (Å²) in [5.74, 6) is 3.53. The Bertz CT molecular complexity index is 4230. The molecule has 2 spiro atoms. The van der Waals surface area contributed by atoms with Crippen LogP contribution in [0, 0.1) is 0 Å². The lowest BCUT2D eigenvalue weighted by molar-refractivity contribution is 0.436. The van der Waals surface area contributed by atoms with Crippen molar-refractivity contribution < 1.29 is 9.47 Å². The molecule has 0 saturated heterocycles. The molecule has 0 saturated carbocycles. The highest BCUT2D eigenvalue weighted by Crippen LogP contribution is 2.66. The molecule has 12 aromatic carbocycles. The van der Waals surface area contributed by atoms with Crippen molar-refractivity contribution in [1.82, 2.24) is 0 Å². The van der Waals surface area contributed by atoms with Gasteiger partial charge in [-0.3, -0.25) is 0 Å². The van der Waals surface area contributed by atoms with Crippen LogP contribution < -0.4 is 14.4 Å². The van der Waals surface area contributed by atoms with Crippen LogP contribution in [0.4, 0.5) is 17.1 Å². The number of rotatable bonds is 5. The first-order valence-corrected chi connectivity index (χ1v) is 25.9. The molecule has 3 heteroatoms. The first-order chi connectivity index (χ1) is 37.2. The summed E-state index contributed by atoms with van der Waals surface area (Å²) in [6.45, 7) is 0. The van der Waals surface area contributed by atoms with E-state index in [2.05, 4.69) is 278 Å². The first-order valence-electron chi connectivity index (χ1n) is 25.9. The third kappa shape index (κ3) is 5.70. The third-order valence-corrected chi connectivity index (χ3v) is 16.6. The smallest absolute Gasteiger partial charge is 0.132 e. The van der Waals surface area contributed by atoms with E-state index in [-0.39, 0.29) is 0 Å². The van der Waals surface area contributed by atoms with Gasteiger partial charge < -0.3 is 14.4 Å². The fourth-order valence-electron chi connectivity index (χ4n) is 13.7. The second kappa shape index (κ2) is 15.9. The van der Waals surface area contributed by atoms with Crippen molar-refractivity contribution in [3.8, 4) is 67.5 Å². The van der Waals surface area contributed by atoms with Crippen LogP contribution in [0.2, 0.25) is 0 Å². The minimum absolute atomic E-state index is 0.589. The molecule has 0 unspecified atom stereocenters. The third-order valence-electron chi connectivity index (χ3n) is 16.6. The van der Waals surface area contributed by atoms with E-state index in [0.717, 1.165) is 73.4 Å². The molecule has 2 heterocycles. The average Bonchev–Trinajstić information content (AvgIpc) is 3.98. The van der Waals surface area contributed by atoms with Gasteiger partial charge in [-0.15, -0.1) is 0 Å². The molecule has 0 fully saturated rings. The van der Waals surface area contributed by atoms with Crippen LogP contribution in [0.5, 0.6) is 23.0 Å². The van der Waals surface area contributed by atoms with Crippen molar-refractivity contribution in [1.29, 1.82) is 0 Å². The van der Waals surface area contributed by atoms with Gasteiger partial charge in [-0.2, -0.15) is 0 Å². The Kier molecular flexibility index (Phi) is 8.88. The van der Waals surface area contributed by atoms with Crippen molar-refractivity contribution in [2.75, 3.05) is 4.90 Å². The van der Waals surface area contributed by atoms with Crippen LogP contribution in [0.25, 0.3) is 55.3 Å². The molecule has 0 amide bonds. The van der Waals surface area contributed by atoms with Crippen molar-refractivity contribution in [2.24, 2.45) is 0 Å². The molecule has 0 aromatic heterocycles. The first kappa shape index (κ1) is 41.9. The zero-order chi connectivity index (χ0) is 49.2. The van der Waals surface area contributed by atoms with Crippen molar-refractivity contribution in [2.45, 2.75) is 10.8 Å². The molecular weight excluding hydrogens is 911 g/mol. The molecule has 0 atom stereocenters. The van der Waals surface area contributed by atoms with Gasteiger partial charge in [0.15, 0.2) is 0 Å². The van der Waals surface area contributed by atoms with Gasteiger partial charge in [0, 0.05) is 39.1 Å². The zero-order valence-electron chi connectivity index (χ0n) is 40.7. The van der Waals surface area contributed by atoms with E-state index in [1.54, 1.807) is 0 Å². The Morgan fingerprint density at radius 2 is 0.680 bits per heavy atom. The summed E-state index contributed by atoms with van der Waals surface area (Å²) in [7, 11) is 0. The van der Waals surface area contributed by atoms with Gasteiger partial charge in [-0.1, -0.05) is 224 Å².